The lowest BCUT2D eigenvalue weighted by molar-refractivity contribution is 0.562. The highest BCUT2D eigenvalue weighted by Gasteiger charge is 2.13. The van der Waals surface area contributed by atoms with Crippen LogP contribution in [0.15, 0.2) is 12.4 Å². The number of aromatic nitrogens is 2. The Hall–Kier alpha value is -0.500. The molecule has 0 amide bonds. The van der Waals surface area contributed by atoms with Crippen LogP contribution in [-0.4, -0.2) is 14.9 Å². The van der Waals surface area contributed by atoms with Gasteiger partial charge in [0, 0.05) is 30.2 Å². The van der Waals surface area contributed by atoms with Crippen molar-refractivity contribution >= 4 is 11.6 Å². The van der Waals surface area contributed by atoms with E-state index in [2.05, 4.69) is 23.4 Å². The maximum atomic E-state index is 5.98. The molecule has 2 unspecified atom stereocenters. The number of imidazole rings is 1. The van der Waals surface area contributed by atoms with E-state index in [0.29, 0.717) is 5.92 Å². The van der Waals surface area contributed by atoms with Gasteiger partial charge in [0.05, 0.1) is 0 Å². The fourth-order valence-electron chi connectivity index (χ4n) is 1.77. The molecule has 0 fully saturated rings. The number of aryl methyl sites for hydroxylation is 1. The SMILES string of the molecule is CCCn1ccnc1C(C)CC(C)Cl. The van der Waals surface area contributed by atoms with Gasteiger partial charge in [-0.15, -0.1) is 11.6 Å². The summed E-state index contributed by atoms with van der Waals surface area (Å²) in [6.07, 6.45) is 6.06. The van der Waals surface area contributed by atoms with E-state index < -0.39 is 0 Å². The lowest BCUT2D eigenvalue weighted by Gasteiger charge is -2.14. The molecule has 0 bridgehead atoms. The van der Waals surface area contributed by atoms with Crippen LogP contribution in [0.2, 0.25) is 0 Å². The summed E-state index contributed by atoms with van der Waals surface area (Å²) in [5.41, 5.74) is 0. The van der Waals surface area contributed by atoms with E-state index in [1.54, 1.807) is 0 Å². The van der Waals surface area contributed by atoms with Crippen LogP contribution in [0.25, 0.3) is 0 Å². The molecule has 0 aromatic carbocycles. The van der Waals surface area contributed by atoms with E-state index in [1.807, 2.05) is 19.3 Å². The van der Waals surface area contributed by atoms with Gasteiger partial charge >= 0.3 is 0 Å². The normalized spacial score (nSPS) is 15.4. The van der Waals surface area contributed by atoms with Crippen LogP contribution in [0, 0.1) is 0 Å². The lowest BCUT2D eigenvalue weighted by atomic mass is 10.1. The Balaban J connectivity index is 2.68. The summed E-state index contributed by atoms with van der Waals surface area (Å²) in [5, 5.41) is 0.219. The summed E-state index contributed by atoms with van der Waals surface area (Å²) in [5.74, 6) is 1.61. The maximum Gasteiger partial charge on any atom is 0.111 e. The number of rotatable bonds is 5. The molecular formula is C11H19ClN2. The third kappa shape index (κ3) is 3.02. The van der Waals surface area contributed by atoms with Crippen molar-refractivity contribution in [3.8, 4) is 0 Å². The molecular weight excluding hydrogens is 196 g/mol. The van der Waals surface area contributed by atoms with E-state index in [9.17, 15) is 0 Å². The van der Waals surface area contributed by atoms with E-state index in [-0.39, 0.29) is 5.38 Å². The minimum Gasteiger partial charge on any atom is -0.335 e. The first-order chi connectivity index (χ1) is 6.65. The third-order valence-electron chi connectivity index (χ3n) is 2.33. The highest BCUT2D eigenvalue weighted by Crippen LogP contribution is 2.21. The van der Waals surface area contributed by atoms with Gasteiger partial charge in [0.2, 0.25) is 0 Å². The lowest BCUT2D eigenvalue weighted by Crippen LogP contribution is -2.09. The van der Waals surface area contributed by atoms with Crippen molar-refractivity contribution in [3.05, 3.63) is 18.2 Å². The van der Waals surface area contributed by atoms with E-state index in [0.717, 1.165) is 19.4 Å². The number of hydrogen-bond donors (Lipinski definition) is 0. The molecule has 0 N–H and O–H groups in total. The summed E-state index contributed by atoms with van der Waals surface area (Å²) in [6, 6.07) is 0. The number of hydrogen-bond acceptors (Lipinski definition) is 1. The smallest absolute Gasteiger partial charge is 0.111 e. The zero-order valence-corrected chi connectivity index (χ0v) is 9.96. The van der Waals surface area contributed by atoms with Gasteiger partial charge in [-0.1, -0.05) is 13.8 Å². The Morgan fingerprint density at radius 1 is 1.50 bits per heavy atom. The van der Waals surface area contributed by atoms with Crippen molar-refractivity contribution in [3.63, 3.8) is 0 Å². The van der Waals surface area contributed by atoms with Gasteiger partial charge < -0.3 is 4.57 Å². The van der Waals surface area contributed by atoms with E-state index >= 15 is 0 Å². The minimum absolute atomic E-state index is 0.219. The Morgan fingerprint density at radius 3 is 2.79 bits per heavy atom. The van der Waals surface area contributed by atoms with Crippen LogP contribution in [-0.2, 0) is 6.54 Å². The van der Waals surface area contributed by atoms with Crippen LogP contribution in [0.4, 0.5) is 0 Å². The van der Waals surface area contributed by atoms with Gasteiger partial charge in [-0.3, -0.25) is 0 Å². The average molecular weight is 215 g/mol. The largest absolute Gasteiger partial charge is 0.335 e. The second-order valence-corrected chi connectivity index (χ2v) is 4.64. The first-order valence-corrected chi connectivity index (χ1v) is 5.73. The number of halogens is 1. The molecule has 0 saturated carbocycles. The van der Waals surface area contributed by atoms with Crippen molar-refractivity contribution in [2.45, 2.75) is 51.5 Å². The van der Waals surface area contributed by atoms with Crippen LogP contribution < -0.4 is 0 Å². The Labute approximate surface area is 91.3 Å². The zero-order valence-electron chi connectivity index (χ0n) is 9.20. The second-order valence-electron chi connectivity index (χ2n) is 3.90. The predicted molar refractivity (Wildman–Crippen MR) is 60.9 cm³/mol. The molecule has 0 aliphatic heterocycles. The van der Waals surface area contributed by atoms with Crippen molar-refractivity contribution in [2.24, 2.45) is 0 Å². The summed E-state index contributed by atoms with van der Waals surface area (Å²) in [4.78, 5) is 4.39. The molecule has 0 saturated heterocycles. The van der Waals surface area contributed by atoms with Gasteiger partial charge in [0.25, 0.3) is 0 Å². The highest BCUT2D eigenvalue weighted by molar-refractivity contribution is 6.20. The predicted octanol–water partition coefficient (Wildman–Crippen LogP) is 3.41. The zero-order chi connectivity index (χ0) is 10.6. The Bertz CT molecular complexity index is 268. The molecule has 1 aromatic rings. The molecule has 14 heavy (non-hydrogen) atoms. The summed E-state index contributed by atoms with van der Waals surface area (Å²) >= 11 is 5.98. The molecule has 0 radical (unpaired) electrons. The Kier molecular flexibility index (Phi) is 4.46. The van der Waals surface area contributed by atoms with Gasteiger partial charge in [-0.25, -0.2) is 4.98 Å². The minimum atomic E-state index is 0.219. The van der Waals surface area contributed by atoms with Crippen molar-refractivity contribution in [1.82, 2.24) is 9.55 Å². The molecule has 2 atom stereocenters. The fraction of sp³-hybridized carbons (Fsp3) is 0.727. The first-order valence-electron chi connectivity index (χ1n) is 5.30. The summed E-state index contributed by atoms with van der Waals surface area (Å²) in [7, 11) is 0. The second kappa shape index (κ2) is 5.40. The topological polar surface area (TPSA) is 17.8 Å². The molecule has 2 nitrogen and oxygen atoms in total. The molecule has 80 valence electrons. The quantitative estimate of drug-likeness (QED) is 0.687. The summed E-state index contributed by atoms with van der Waals surface area (Å²) < 4.78 is 2.23. The first kappa shape index (κ1) is 11.6. The van der Waals surface area contributed by atoms with E-state index in [4.69, 9.17) is 11.6 Å². The average Bonchev–Trinajstić information content (AvgIpc) is 2.51. The van der Waals surface area contributed by atoms with Gasteiger partial charge in [-0.2, -0.15) is 0 Å². The van der Waals surface area contributed by atoms with E-state index in [1.165, 1.54) is 5.82 Å². The highest BCUT2D eigenvalue weighted by atomic mass is 35.5. The number of alkyl halides is 1. The van der Waals surface area contributed by atoms with Gasteiger partial charge in [0.15, 0.2) is 0 Å². The van der Waals surface area contributed by atoms with Gasteiger partial charge in [0.1, 0.15) is 5.82 Å². The van der Waals surface area contributed by atoms with Gasteiger partial charge in [-0.05, 0) is 19.8 Å². The van der Waals surface area contributed by atoms with Crippen molar-refractivity contribution < 1.29 is 0 Å². The number of nitrogens with zero attached hydrogens (tertiary/aromatic N) is 2. The Morgan fingerprint density at radius 2 is 2.21 bits per heavy atom. The standard InChI is InChI=1S/C11H19ClN2/c1-4-6-14-7-5-13-11(14)9(2)8-10(3)12/h5,7,9-10H,4,6,8H2,1-3H3. The third-order valence-corrected chi connectivity index (χ3v) is 2.51. The van der Waals surface area contributed by atoms with Crippen molar-refractivity contribution in [2.75, 3.05) is 0 Å². The molecule has 0 aliphatic rings. The molecule has 1 aromatic heterocycles. The summed E-state index contributed by atoms with van der Waals surface area (Å²) in [6.45, 7) is 7.45. The molecule has 1 heterocycles. The fourth-order valence-corrected chi connectivity index (χ4v) is 2.04. The molecule has 0 spiro atoms. The maximum absolute atomic E-state index is 5.98. The monoisotopic (exact) mass is 214 g/mol. The van der Waals surface area contributed by atoms with Crippen LogP contribution >= 0.6 is 11.6 Å². The van der Waals surface area contributed by atoms with Crippen LogP contribution in [0.1, 0.15) is 45.4 Å². The molecule has 1 rings (SSSR count). The molecule has 3 heteroatoms. The molecule has 0 aliphatic carbocycles. The van der Waals surface area contributed by atoms with Crippen molar-refractivity contribution in [1.29, 1.82) is 0 Å². The van der Waals surface area contributed by atoms with Crippen LogP contribution in [0.3, 0.4) is 0 Å². The van der Waals surface area contributed by atoms with Crippen LogP contribution in [0.5, 0.6) is 0 Å².